The Bertz CT molecular complexity index is 773. The van der Waals surface area contributed by atoms with Gasteiger partial charge in [-0.2, -0.15) is 0 Å². The molecule has 9 N–H and O–H groups in total. The number of carbonyl (C=O) groups is 4. The lowest BCUT2D eigenvalue weighted by Crippen LogP contribution is -2.54. The number of alkyl carbamates (subject to hydrolysis) is 2. The summed E-state index contributed by atoms with van der Waals surface area (Å²) in [4.78, 5) is 51.0. The summed E-state index contributed by atoms with van der Waals surface area (Å²) in [6.07, 6.45) is -1.62. The van der Waals surface area contributed by atoms with Crippen LogP contribution in [0.2, 0.25) is 0 Å². The summed E-state index contributed by atoms with van der Waals surface area (Å²) in [6, 6.07) is -2.02. The first kappa shape index (κ1) is 37.2. The quantitative estimate of drug-likeness (QED) is 0.0681. The van der Waals surface area contributed by atoms with E-state index in [-0.39, 0.29) is 25.4 Å². The van der Waals surface area contributed by atoms with Crippen LogP contribution in [0.4, 0.5) is 9.59 Å². The molecule has 0 heterocycles. The van der Waals surface area contributed by atoms with Gasteiger partial charge in [0.15, 0.2) is 0 Å². The van der Waals surface area contributed by atoms with Crippen LogP contribution in [-0.2, 0) is 19.1 Å². The van der Waals surface area contributed by atoms with Crippen molar-refractivity contribution in [1.29, 1.82) is 0 Å². The summed E-state index contributed by atoms with van der Waals surface area (Å²) in [5, 5.41) is 63.1. The topological polar surface area (TPSA) is 247 Å². The Labute approximate surface area is 233 Å². The van der Waals surface area contributed by atoms with E-state index in [1.807, 2.05) is 13.8 Å². The van der Waals surface area contributed by atoms with Gasteiger partial charge in [-0.1, -0.05) is 13.8 Å². The average molecular weight is 583 g/mol. The van der Waals surface area contributed by atoms with Gasteiger partial charge in [0.2, 0.25) is 11.8 Å². The zero-order valence-corrected chi connectivity index (χ0v) is 23.6. The standard InChI is InChI=1S/C24H46N4O12/c1-16(2)7-18(19(35)25-5-6-26-21(37)39-14-23(8-29,9-30)10-31)28(4)20(36)17(3)27-22(38)40-15-24(11-32,12-33)13-34/h16-18,29-34H,5-15H2,1-4H3,(H,25,35)(H,26,37)(H,27,38). The SMILES string of the molecule is CC(C)CC(C(=O)NCCNC(=O)OCC(CO)(CO)CO)N(C)C(=O)C(C)NC(=O)OCC(CO)(CO)CO. The molecule has 4 amide bonds. The molecule has 2 atom stereocenters. The van der Waals surface area contributed by atoms with Gasteiger partial charge < -0.3 is 61.0 Å². The summed E-state index contributed by atoms with van der Waals surface area (Å²) in [5.41, 5.74) is -2.81. The molecule has 16 nitrogen and oxygen atoms in total. The lowest BCUT2D eigenvalue weighted by atomic mass is 9.93. The molecular weight excluding hydrogens is 536 g/mol. The lowest BCUT2D eigenvalue weighted by molar-refractivity contribution is -0.140. The minimum atomic E-state index is -1.43. The number of hydrogen-bond donors (Lipinski definition) is 9. The number of rotatable bonds is 19. The molecule has 2 unspecified atom stereocenters. The molecule has 16 heteroatoms. The molecule has 0 aliphatic heterocycles. The van der Waals surface area contributed by atoms with E-state index in [1.165, 1.54) is 18.9 Å². The van der Waals surface area contributed by atoms with E-state index in [0.29, 0.717) is 0 Å². The van der Waals surface area contributed by atoms with Crippen molar-refractivity contribution in [3.05, 3.63) is 0 Å². The Kier molecular flexibility index (Phi) is 17.3. The number of ether oxygens (including phenoxy) is 2. The van der Waals surface area contributed by atoms with Crippen molar-refractivity contribution >= 4 is 24.0 Å². The fraction of sp³-hybridized carbons (Fsp3) is 0.833. The van der Waals surface area contributed by atoms with Crippen LogP contribution < -0.4 is 16.0 Å². The normalized spacial score (nSPS) is 13.3. The molecule has 0 bridgehead atoms. The summed E-state index contributed by atoms with van der Waals surface area (Å²) in [5.74, 6) is -1.09. The van der Waals surface area contributed by atoms with Crippen LogP contribution in [-0.4, -0.2) is 145 Å². The van der Waals surface area contributed by atoms with Gasteiger partial charge >= 0.3 is 12.2 Å². The van der Waals surface area contributed by atoms with Crippen molar-refractivity contribution in [2.75, 3.05) is 73.0 Å². The molecule has 0 aromatic heterocycles. The fourth-order valence-electron chi connectivity index (χ4n) is 3.16. The Morgan fingerprint density at radius 1 is 0.725 bits per heavy atom. The van der Waals surface area contributed by atoms with Gasteiger partial charge in [0.05, 0.1) is 50.5 Å². The highest BCUT2D eigenvalue weighted by Gasteiger charge is 2.33. The van der Waals surface area contributed by atoms with Crippen LogP contribution in [0.1, 0.15) is 27.2 Å². The van der Waals surface area contributed by atoms with E-state index in [4.69, 9.17) is 9.47 Å². The summed E-state index contributed by atoms with van der Waals surface area (Å²) in [6.45, 7) is 0.427. The molecule has 40 heavy (non-hydrogen) atoms. The number of hydrogen-bond acceptors (Lipinski definition) is 12. The summed E-state index contributed by atoms with van der Waals surface area (Å²) >= 11 is 0. The Balaban J connectivity index is 4.93. The van der Waals surface area contributed by atoms with Crippen LogP contribution >= 0.6 is 0 Å². The third-order valence-corrected chi connectivity index (χ3v) is 6.24. The van der Waals surface area contributed by atoms with Crippen molar-refractivity contribution in [1.82, 2.24) is 20.9 Å². The number of aliphatic hydroxyl groups is 6. The number of amides is 4. The highest BCUT2D eigenvalue weighted by Crippen LogP contribution is 2.16. The van der Waals surface area contributed by atoms with Crippen molar-refractivity contribution in [3.8, 4) is 0 Å². The summed E-state index contributed by atoms with van der Waals surface area (Å²) in [7, 11) is 1.40. The highest BCUT2D eigenvalue weighted by atomic mass is 16.6. The Morgan fingerprint density at radius 3 is 1.57 bits per heavy atom. The molecule has 0 saturated heterocycles. The van der Waals surface area contributed by atoms with Crippen LogP contribution in [0, 0.1) is 16.7 Å². The number of carbonyl (C=O) groups excluding carboxylic acids is 4. The van der Waals surface area contributed by atoms with E-state index in [0.717, 1.165) is 0 Å². The van der Waals surface area contributed by atoms with Gasteiger partial charge in [-0.3, -0.25) is 9.59 Å². The van der Waals surface area contributed by atoms with Gasteiger partial charge in [-0.15, -0.1) is 0 Å². The molecule has 0 aromatic carbocycles. The lowest BCUT2D eigenvalue weighted by Gasteiger charge is -2.31. The maximum absolute atomic E-state index is 13.0. The minimum absolute atomic E-state index is 0.0146. The van der Waals surface area contributed by atoms with Gasteiger partial charge in [0, 0.05) is 20.1 Å². The molecule has 0 saturated carbocycles. The largest absolute Gasteiger partial charge is 0.449 e. The van der Waals surface area contributed by atoms with Gasteiger partial charge in [0.1, 0.15) is 25.3 Å². The van der Waals surface area contributed by atoms with Crippen molar-refractivity contribution in [2.45, 2.75) is 39.3 Å². The van der Waals surface area contributed by atoms with Gasteiger partial charge in [-0.05, 0) is 19.3 Å². The first-order chi connectivity index (χ1) is 18.8. The number of aliphatic hydroxyl groups excluding tert-OH is 6. The van der Waals surface area contributed by atoms with Gasteiger partial charge in [0.25, 0.3) is 0 Å². The molecule has 0 spiro atoms. The maximum Gasteiger partial charge on any atom is 0.407 e. The fourth-order valence-corrected chi connectivity index (χ4v) is 3.16. The Hall–Kier alpha value is -2.76. The monoisotopic (exact) mass is 582 g/mol. The third-order valence-electron chi connectivity index (χ3n) is 6.24. The molecule has 0 aromatic rings. The van der Waals surface area contributed by atoms with Crippen molar-refractivity contribution < 1.29 is 59.3 Å². The third kappa shape index (κ3) is 12.2. The molecular formula is C24H46N4O12. The molecule has 0 rings (SSSR count). The van der Waals surface area contributed by atoms with E-state index in [1.54, 1.807) is 0 Å². The molecule has 0 aliphatic rings. The molecule has 234 valence electrons. The smallest absolute Gasteiger partial charge is 0.407 e. The first-order valence-electron chi connectivity index (χ1n) is 12.8. The molecule has 0 radical (unpaired) electrons. The average Bonchev–Trinajstić information content (AvgIpc) is 2.95. The van der Waals surface area contributed by atoms with Crippen molar-refractivity contribution in [3.63, 3.8) is 0 Å². The summed E-state index contributed by atoms with van der Waals surface area (Å²) < 4.78 is 9.82. The molecule has 0 aliphatic carbocycles. The predicted molar refractivity (Wildman–Crippen MR) is 140 cm³/mol. The van der Waals surface area contributed by atoms with E-state index >= 15 is 0 Å². The number of nitrogens with one attached hydrogen (secondary N) is 3. The van der Waals surface area contributed by atoms with Crippen LogP contribution in [0.5, 0.6) is 0 Å². The maximum atomic E-state index is 13.0. The second kappa shape index (κ2) is 18.6. The van der Waals surface area contributed by atoms with Crippen molar-refractivity contribution in [2.24, 2.45) is 16.7 Å². The molecule has 0 fully saturated rings. The first-order valence-corrected chi connectivity index (χ1v) is 12.8. The van der Waals surface area contributed by atoms with Crippen LogP contribution in [0.15, 0.2) is 0 Å². The minimum Gasteiger partial charge on any atom is -0.449 e. The van der Waals surface area contributed by atoms with E-state index in [9.17, 15) is 49.8 Å². The van der Waals surface area contributed by atoms with Crippen LogP contribution in [0.3, 0.4) is 0 Å². The van der Waals surface area contributed by atoms with E-state index < -0.39 is 99.8 Å². The predicted octanol–water partition coefficient (Wildman–Crippen LogP) is -3.26. The number of nitrogens with zero attached hydrogens (tertiary/aromatic N) is 1. The highest BCUT2D eigenvalue weighted by molar-refractivity contribution is 5.91. The van der Waals surface area contributed by atoms with E-state index in [2.05, 4.69) is 16.0 Å². The van der Waals surface area contributed by atoms with Crippen LogP contribution in [0.25, 0.3) is 0 Å². The number of likely N-dealkylation sites (N-methyl/N-ethyl adjacent to an activating group) is 1. The second-order valence-corrected chi connectivity index (χ2v) is 10.3. The van der Waals surface area contributed by atoms with Gasteiger partial charge in [-0.25, -0.2) is 9.59 Å². The second-order valence-electron chi connectivity index (χ2n) is 10.3. The zero-order chi connectivity index (χ0) is 30.9. The Morgan fingerprint density at radius 2 is 1.15 bits per heavy atom. The zero-order valence-electron chi connectivity index (χ0n) is 23.6.